The Bertz CT molecular complexity index is 852. The van der Waals surface area contributed by atoms with E-state index < -0.39 is 11.5 Å². The lowest BCUT2D eigenvalue weighted by Gasteiger charge is -2.36. The van der Waals surface area contributed by atoms with E-state index in [-0.39, 0.29) is 18.1 Å². The predicted octanol–water partition coefficient (Wildman–Crippen LogP) is 4.61. The SMILES string of the molecule is CCOC(CC)C(C)(C)C(O)C(=O)NCCCOC1c2ccccc2Oc2ccccc21. The molecule has 1 aliphatic rings. The van der Waals surface area contributed by atoms with Crippen molar-refractivity contribution < 1.29 is 24.1 Å². The molecule has 0 saturated heterocycles. The molecular formula is C26H35NO5. The summed E-state index contributed by atoms with van der Waals surface area (Å²) >= 11 is 0. The van der Waals surface area contributed by atoms with Gasteiger partial charge in [-0.15, -0.1) is 0 Å². The summed E-state index contributed by atoms with van der Waals surface area (Å²) in [5.74, 6) is 1.22. The van der Waals surface area contributed by atoms with Crippen LogP contribution in [0.2, 0.25) is 0 Å². The van der Waals surface area contributed by atoms with Crippen molar-refractivity contribution in [3.05, 3.63) is 59.7 Å². The van der Waals surface area contributed by atoms with Crippen LogP contribution in [0.4, 0.5) is 0 Å². The fourth-order valence-electron chi connectivity index (χ4n) is 4.20. The highest BCUT2D eigenvalue weighted by Gasteiger charge is 2.40. The van der Waals surface area contributed by atoms with Gasteiger partial charge in [0.05, 0.1) is 6.10 Å². The van der Waals surface area contributed by atoms with Gasteiger partial charge in [-0.25, -0.2) is 0 Å². The van der Waals surface area contributed by atoms with Crippen LogP contribution in [0, 0.1) is 5.41 Å². The Morgan fingerprint density at radius 2 is 1.69 bits per heavy atom. The number of rotatable bonds is 11. The van der Waals surface area contributed by atoms with E-state index in [4.69, 9.17) is 14.2 Å². The summed E-state index contributed by atoms with van der Waals surface area (Å²) < 4.78 is 17.9. The average Bonchev–Trinajstić information content (AvgIpc) is 2.80. The van der Waals surface area contributed by atoms with E-state index in [1.165, 1.54) is 0 Å². The minimum absolute atomic E-state index is 0.190. The number of hydrogen-bond acceptors (Lipinski definition) is 5. The van der Waals surface area contributed by atoms with E-state index in [0.29, 0.717) is 26.2 Å². The van der Waals surface area contributed by atoms with Crippen LogP contribution in [0.1, 0.15) is 57.8 Å². The molecule has 2 atom stereocenters. The average molecular weight is 442 g/mol. The third kappa shape index (κ3) is 5.31. The molecule has 174 valence electrons. The number of para-hydroxylation sites is 2. The molecule has 2 aromatic carbocycles. The van der Waals surface area contributed by atoms with Gasteiger partial charge >= 0.3 is 0 Å². The van der Waals surface area contributed by atoms with E-state index in [1.54, 1.807) is 0 Å². The molecule has 1 amide bonds. The first-order valence-electron chi connectivity index (χ1n) is 11.4. The number of amides is 1. The second-order valence-corrected chi connectivity index (χ2v) is 8.65. The Morgan fingerprint density at radius 3 is 2.25 bits per heavy atom. The van der Waals surface area contributed by atoms with Gasteiger partial charge in [0.1, 0.15) is 23.7 Å². The third-order valence-corrected chi connectivity index (χ3v) is 6.05. The highest BCUT2D eigenvalue weighted by Crippen LogP contribution is 2.44. The molecule has 6 nitrogen and oxygen atoms in total. The van der Waals surface area contributed by atoms with Crippen LogP contribution in [0.5, 0.6) is 11.5 Å². The monoisotopic (exact) mass is 441 g/mol. The van der Waals surface area contributed by atoms with Crippen molar-refractivity contribution in [2.45, 2.75) is 58.8 Å². The summed E-state index contributed by atoms with van der Waals surface area (Å²) in [5.41, 5.74) is 1.31. The van der Waals surface area contributed by atoms with Gasteiger partial charge in [0, 0.05) is 36.3 Å². The molecule has 0 bridgehead atoms. The van der Waals surface area contributed by atoms with Crippen molar-refractivity contribution in [1.29, 1.82) is 0 Å². The molecule has 0 aliphatic carbocycles. The van der Waals surface area contributed by atoms with Crippen LogP contribution < -0.4 is 10.1 Å². The van der Waals surface area contributed by atoms with Crippen LogP contribution in [-0.2, 0) is 14.3 Å². The van der Waals surface area contributed by atoms with Crippen molar-refractivity contribution in [3.63, 3.8) is 0 Å². The number of aliphatic hydroxyl groups excluding tert-OH is 1. The van der Waals surface area contributed by atoms with Crippen LogP contribution in [0.3, 0.4) is 0 Å². The first kappa shape index (κ1) is 24.2. The summed E-state index contributed by atoms with van der Waals surface area (Å²) in [6.45, 7) is 9.07. The number of fused-ring (bicyclic) bond motifs is 2. The predicted molar refractivity (Wildman–Crippen MR) is 124 cm³/mol. The van der Waals surface area contributed by atoms with E-state index in [2.05, 4.69) is 5.32 Å². The zero-order valence-corrected chi connectivity index (χ0v) is 19.5. The molecule has 6 heteroatoms. The highest BCUT2D eigenvalue weighted by molar-refractivity contribution is 5.81. The van der Waals surface area contributed by atoms with Crippen LogP contribution in [-0.4, -0.2) is 43.0 Å². The molecule has 0 aromatic heterocycles. The van der Waals surface area contributed by atoms with Crippen LogP contribution >= 0.6 is 0 Å². The van der Waals surface area contributed by atoms with E-state index >= 15 is 0 Å². The smallest absolute Gasteiger partial charge is 0.249 e. The fourth-order valence-corrected chi connectivity index (χ4v) is 4.20. The Labute approximate surface area is 190 Å². The standard InChI is InChI=1S/C26H35NO5/c1-5-22(30-6-2)26(3,4)24(28)25(29)27-16-11-17-31-23-18-12-7-9-14-20(18)32-21-15-10-8-13-19(21)23/h7-10,12-15,22-24,28H,5-6,11,16-17H2,1-4H3,(H,27,29). The number of carbonyl (C=O) groups is 1. The molecule has 0 radical (unpaired) electrons. The Morgan fingerprint density at radius 1 is 1.09 bits per heavy atom. The molecular weight excluding hydrogens is 406 g/mol. The molecule has 0 fully saturated rings. The fraction of sp³-hybridized carbons (Fsp3) is 0.500. The zero-order valence-electron chi connectivity index (χ0n) is 19.5. The lowest BCUT2D eigenvalue weighted by atomic mass is 9.79. The van der Waals surface area contributed by atoms with Gasteiger partial charge in [-0.3, -0.25) is 4.79 Å². The van der Waals surface area contributed by atoms with Gasteiger partial charge in [0.15, 0.2) is 0 Å². The summed E-state index contributed by atoms with van der Waals surface area (Å²) in [6, 6.07) is 15.7. The van der Waals surface area contributed by atoms with E-state index in [9.17, 15) is 9.90 Å². The maximum Gasteiger partial charge on any atom is 0.249 e. The summed E-state index contributed by atoms with van der Waals surface area (Å²) in [5, 5.41) is 13.5. The number of aliphatic hydroxyl groups is 1. The Hall–Kier alpha value is -2.41. The molecule has 1 aliphatic heterocycles. The van der Waals surface area contributed by atoms with E-state index in [0.717, 1.165) is 29.0 Å². The van der Waals surface area contributed by atoms with Crippen molar-refractivity contribution in [2.24, 2.45) is 5.41 Å². The van der Waals surface area contributed by atoms with Crippen molar-refractivity contribution in [3.8, 4) is 11.5 Å². The molecule has 2 aromatic rings. The molecule has 32 heavy (non-hydrogen) atoms. The minimum Gasteiger partial charge on any atom is -0.457 e. The molecule has 3 rings (SSSR count). The molecule has 0 saturated carbocycles. The Balaban J connectivity index is 1.53. The van der Waals surface area contributed by atoms with Crippen molar-refractivity contribution in [1.82, 2.24) is 5.32 Å². The van der Waals surface area contributed by atoms with Gasteiger partial charge in [0.2, 0.25) is 5.91 Å². The highest BCUT2D eigenvalue weighted by atomic mass is 16.5. The van der Waals surface area contributed by atoms with Gasteiger partial charge < -0.3 is 24.6 Å². The first-order chi connectivity index (χ1) is 15.4. The van der Waals surface area contributed by atoms with Crippen LogP contribution in [0.25, 0.3) is 0 Å². The second kappa shape index (κ2) is 10.9. The maximum atomic E-state index is 12.5. The molecule has 2 N–H and O–H groups in total. The largest absolute Gasteiger partial charge is 0.457 e. The third-order valence-electron chi connectivity index (χ3n) is 6.05. The molecule has 0 spiro atoms. The number of benzene rings is 2. The lowest BCUT2D eigenvalue weighted by molar-refractivity contribution is -0.144. The molecule has 2 unspecified atom stereocenters. The number of carbonyl (C=O) groups excluding carboxylic acids is 1. The van der Waals surface area contributed by atoms with Gasteiger partial charge in [-0.2, -0.15) is 0 Å². The van der Waals surface area contributed by atoms with Crippen molar-refractivity contribution >= 4 is 5.91 Å². The van der Waals surface area contributed by atoms with Gasteiger partial charge in [-0.1, -0.05) is 57.2 Å². The normalized spacial score (nSPS) is 15.3. The van der Waals surface area contributed by atoms with Gasteiger partial charge in [-0.05, 0) is 31.9 Å². The zero-order chi connectivity index (χ0) is 23.1. The second-order valence-electron chi connectivity index (χ2n) is 8.65. The lowest BCUT2D eigenvalue weighted by Crippen LogP contribution is -2.50. The Kier molecular flexibility index (Phi) is 8.29. The summed E-state index contributed by atoms with van der Waals surface area (Å²) in [7, 11) is 0. The number of ether oxygens (including phenoxy) is 3. The molecule has 1 heterocycles. The number of nitrogens with one attached hydrogen (secondary N) is 1. The van der Waals surface area contributed by atoms with Gasteiger partial charge in [0.25, 0.3) is 0 Å². The first-order valence-corrected chi connectivity index (χ1v) is 11.4. The maximum absolute atomic E-state index is 12.5. The summed E-state index contributed by atoms with van der Waals surface area (Å²) in [4.78, 5) is 12.5. The minimum atomic E-state index is -1.14. The van der Waals surface area contributed by atoms with E-state index in [1.807, 2.05) is 76.2 Å². The van der Waals surface area contributed by atoms with Crippen molar-refractivity contribution in [2.75, 3.05) is 19.8 Å². The topological polar surface area (TPSA) is 77.0 Å². The quantitative estimate of drug-likeness (QED) is 0.498. The number of hydrogen-bond donors (Lipinski definition) is 2. The summed E-state index contributed by atoms with van der Waals surface area (Å²) in [6.07, 6.45) is -0.191. The van der Waals surface area contributed by atoms with Crippen LogP contribution in [0.15, 0.2) is 48.5 Å².